The number of hydrogen-bond donors (Lipinski definition) is 2. The summed E-state index contributed by atoms with van der Waals surface area (Å²) < 4.78 is 5.23. The molecular formula is C15H21ClN4O2S. The van der Waals surface area contributed by atoms with E-state index >= 15 is 0 Å². The van der Waals surface area contributed by atoms with Crippen LogP contribution in [0.1, 0.15) is 25.2 Å². The van der Waals surface area contributed by atoms with E-state index in [1.807, 2.05) is 36.6 Å². The number of nitrogens with two attached hydrogens (primary N) is 1. The van der Waals surface area contributed by atoms with Gasteiger partial charge in [0, 0.05) is 5.56 Å². The third kappa shape index (κ3) is 5.53. The second-order valence-corrected chi connectivity index (χ2v) is 5.93. The van der Waals surface area contributed by atoms with Crippen LogP contribution in [0.3, 0.4) is 0 Å². The zero-order valence-electron chi connectivity index (χ0n) is 13.1. The van der Waals surface area contributed by atoms with E-state index in [-0.39, 0.29) is 24.4 Å². The Morgan fingerprint density at radius 1 is 1.39 bits per heavy atom. The van der Waals surface area contributed by atoms with Crippen molar-refractivity contribution in [2.24, 2.45) is 5.73 Å². The van der Waals surface area contributed by atoms with E-state index in [1.54, 1.807) is 18.7 Å². The topological polar surface area (TPSA) is 94.0 Å². The van der Waals surface area contributed by atoms with Gasteiger partial charge in [-0.05, 0) is 37.5 Å². The summed E-state index contributed by atoms with van der Waals surface area (Å²) in [6.07, 6.45) is 2.62. The first-order valence-electron chi connectivity index (χ1n) is 7.05. The summed E-state index contributed by atoms with van der Waals surface area (Å²) in [5.41, 5.74) is 6.68. The molecule has 0 bridgehead atoms. The number of hydrogen-bond acceptors (Lipinski definition) is 6. The van der Waals surface area contributed by atoms with Crippen LogP contribution in [0.4, 0.5) is 0 Å². The molecule has 6 nitrogen and oxygen atoms in total. The molecule has 2 aromatic rings. The van der Waals surface area contributed by atoms with Crippen LogP contribution >= 0.6 is 24.2 Å². The van der Waals surface area contributed by atoms with Gasteiger partial charge in [-0.3, -0.25) is 4.79 Å². The summed E-state index contributed by atoms with van der Waals surface area (Å²) in [6, 6.07) is 8.62. The lowest BCUT2D eigenvalue weighted by Crippen LogP contribution is -2.42. The monoisotopic (exact) mass is 356 g/mol. The molecule has 0 aliphatic rings. The first-order chi connectivity index (χ1) is 10.6. The van der Waals surface area contributed by atoms with E-state index in [0.717, 1.165) is 11.3 Å². The molecule has 0 radical (unpaired) electrons. The van der Waals surface area contributed by atoms with Gasteiger partial charge in [-0.1, -0.05) is 23.4 Å². The van der Waals surface area contributed by atoms with E-state index in [4.69, 9.17) is 10.3 Å². The van der Waals surface area contributed by atoms with Gasteiger partial charge in [0.25, 0.3) is 5.89 Å². The predicted molar refractivity (Wildman–Crippen MR) is 94.5 cm³/mol. The average molecular weight is 357 g/mol. The largest absolute Gasteiger partial charge is 0.345 e. The molecule has 0 aliphatic carbocycles. The van der Waals surface area contributed by atoms with Crippen molar-refractivity contribution >= 4 is 30.1 Å². The molecule has 1 aromatic carbocycles. The Morgan fingerprint density at radius 3 is 2.74 bits per heavy atom. The van der Waals surface area contributed by atoms with Crippen LogP contribution in [-0.2, 0) is 4.79 Å². The van der Waals surface area contributed by atoms with E-state index < -0.39 is 6.04 Å². The maximum absolute atomic E-state index is 12.0. The number of nitrogens with one attached hydrogen (secondary N) is 1. The lowest BCUT2D eigenvalue weighted by molar-refractivity contribution is -0.123. The summed E-state index contributed by atoms with van der Waals surface area (Å²) in [4.78, 5) is 16.3. The maximum atomic E-state index is 12.0. The molecule has 0 spiro atoms. The van der Waals surface area contributed by atoms with Crippen LogP contribution in [-0.4, -0.2) is 34.1 Å². The number of nitrogens with zero attached hydrogens (tertiary/aromatic N) is 2. The molecule has 126 valence electrons. The Morgan fingerprint density at radius 2 is 2.09 bits per heavy atom. The Balaban J connectivity index is 0.00000264. The Bertz CT molecular complexity index is 609. The number of halogens is 1. The molecule has 23 heavy (non-hydrogen) atoms. The van der Waals surface area contributed by atoms with Gasteiger partial charge in [-0.2, -0.15) is 16.7 Å². The Kier molecular flexibility index (Phi) is 8.08. The first-order valence-corrected chi connectivity index (χ1v) is 8.45. The second-order valence-electron chi connectivity index (χ2n) is 4.94. The summed E-state index contributed by atoms with van der Waals surface area (Å²) in [6.45, 7) is 1.80. The molecule has 0 saturated heterocycles. The van der Waals surface area contributed by atoms with Gasteiger partial charge in [0.15, 0.2) is 5.82 Å². The summed E-state index contributed by atoms with van der Waals surface area (Å²) in [5, 5.41) is 6.73. The fourth-order valence-corrected chi connectivity index (χ4v) is 2.36. The van der Waals surface area contributed by atoms with Gasteiger partial charge in [0.2, 0.25) is 5.91 Å². The van der Waals surface area contributed by atoms with Crippen molar-refractivity contribution in [1.82, 2.24) is 15.5 Å². The molecule has 0 saturated carbocycles. The van der Waals surface area contributed by atoms with Crippen LogP contribution < -0.4 is 11.1 Å². The first kappa shape index (κ1) is 19.5. The van der Waals surface area contributed by atoms with Crippen molar-refractivity contribution in [3.8, 4) is 11.5 Å². The normalized spacial score (nSPS) is 13.0. The highest BCUT2D eigenvalue weighted by Crippen LogP contribution is 2.18. The fourth-order valence-electron chi connectivity index (χ4n) is 1.87. The SMILES string of the molecule is CSCC[C@H](N)C(=O)NC(C)c1noc(-c2ccccc2)n1.Cl. The highest BCUT2D eigenvalue weighted by molar-refractivity contribution is 7.98. The molecule has 1 amide bonds. The molecule has 1 unspecified atom stereocenters. The van der Waals surface area contributed by atoms with Crippen LogP contribution in [0.2, 0.25) is 0 Å². The van der Waals surface area contributed by atoms with Gasteiger partial charge >= 0.3 is 0 Å². The van der Waals surface area contributed by atoms with E-state index in [1.165, 1.54) is 0 Å². The molecular weight excluding hydrogens is 336 g/mol. The highest BCUT2D eigenvalue weighted by Gasteiger charge is 2.20. The van der Waals surface area contributed by atoms with Crippen LogP contribution in [0.5, 0.6) is 0 Å². The number of amides is 1. The van der Waals surface area contributed by atoms with Gasteiger partial charge in [-0.15, -0.1) is 12.4 Å². The molecule has 0 fully saturated rings. The number of rotatable bonds is 7. The number of benzene rings is 1. The molecule has 8 heteroatoms. The molecule has 0 aliphatic heterocycles. The van der Waals surface area contributed by atoms with Gasteiger partial charge in [0.05, 0.1) is 12.1 Å². The number of aromatic nitrogens is 2. The summed E-state index contributed by atoms with van der Waals surface area (Å²) in [7, 11) is 0. The third-order valence-corrected chi connectivity index (χ3v) is 3.82. The highest BCUT2D eigenvalue weighted by atomic mass is 35.5. The van der Waals surface area contributed by atoms with Gasteiger partial charge < -0.3 is 15.6 Å². The van der Waals surface area contributed by atoms with Crippen molar-refractivity contribution in [3.05, 3.63) is 36.2 Å². The third-order valence-electron chi connectivity index (χ3n) is 3.18. The van der Waals surface area contributed by atoms with Crippen molar-refractivity contribution in [3.63, 3.8) is 0 Å². The minimum atomic E-state index is -0.518. The zero-order chi connectivity index (χ0) is 15.9. The van der Waals surface area contributed by atoms with Crippen molar-refractivity contribution in [2.45, 2.75) is 25.4 Å². The number of carbonyl (C=O) groups excluding carboxylic acids is 1. The Hall–Kier alpha value is -1.57. The lowest BCUT2D eigenvalue weighted by Gasteiger charge is -2.14. The summed E-state index contributed by atoms with van der Waals surface area (Å²) >= 11 is 1.66. The van der Waals surface area contributed by atoms with E-state index in [2.05, 4.69) is 15.5 Å². The molecule has 1 heterocycles. The quantitative estimate of drug-likeness (QED) is 0.791. The van der Waals surface area contributed by atoms with E-state index in [9.17, 15) is 4.79 Å². The average Bonchev–Trinajstić information content (AvgIpc) is 3.03. The van der Waals surface area contributed by atoms with Crippen LogP contribution in [0.25, 0.3) is 11.5 Å². The smallest absolute Gasteiger partial charge is 0.257 e. The van der Waals surface area contributed by atoms with Gasteiger partial charge in [0.1, 0.15) is 0 Å². The predicted octanol–water partition coefficient (Wildman–Crippen LogP) is 2.42. The maximum Gasteiger partial charge on any atom is 0.257 e. The number of carbonyl (C=O) groups is 1. The molecule has 3 N–H and O–H groups in total. The van der Waals surface area contributed by atoms with Crippen molar-refractivity contribution in [1.29, 1.82) is 0 Å². The molecule has 2 atom stereocenters. The second kappa shape index (κ2) is 9.54. The zero-order valence-corrected chi connectivity index (χ0v) is 14.7. The lowest BCUT2D eigenvalue weighted by atomic mass is 10.2. The van der Waals surface area contributed by atoms with Crippen LogP contribution in [0.15, 0.2) is 34.9 Å². The minimum Gasteiger partial charge on any atom is -0.345 e. The Labute approximate surface area is 146 Å². The van der Waals surface area contributed by atoms with Crippen LogP contribution in [0, 0.1) is 0 Å². The minimum absolute atomic E-state index is 0. The summed E-state index contributed by atoms with van der Waals surface area (Å²) in [5.74, 6) is 1.52. The fraction of sp³-hybridized carbons (Fsp3) is 0.400. The van der Waals surface area contributed by atoms with Crippen molar-refractivity contribution < 1.29 is 9.32 Å². The standard InChI is InChI=1S/C15H20N4O2S.ClH/c1-10(17-14(20)12(16)8-9-22-2)13-18-15(21-19-13)11-6-4-3-5-7-11;/h3-7,10,12H,8-9,16H2,1-2H3,(H,17,20);1H/t10?,12-;/m0./s1. The number of thioether (sulfide) groups is 1. The van der Waals surface area contributed by atoms with Gasteiger partial charge in [-0.25, -0.2) is 0 Å². The van der Waals surface area contributed by atoms with E-state index in [0.29, 0.717) is 18.1 Å². The van der Waals surface area contributed by atoms with Crippen molar-refractivity contribution in [2.75, 3.05) is 12.0 Å². The molecule has 1 aromatic heterocycles. The molecule has 2 rings (SSSR count).